The molecule has 18 heavy (non-hydrogen) atoms. The van der Waals surface area contributed by atoms with E-state index < -0.39 is 0 Å². The van der Waals surface area contributed by atoms with Crippen LogP contribution >= 0.6 is 11.5 Å². The number of unbranched alkanes of at least 4 members (excludes halogenated alkanes) is 1. The van der Waals surface area contributed by atoms with Gasteiger partial charge in [-0.2, -0.15) is 0 Å². The quantitative estimate of drug-likeness (QED) is 0.787. The van der Waals surface area contributed by atoms with Crippen LogP contribution in [0.3, 0.4) is 0 Å². The first-order valence-electron chi connectivity index (χ1n) is 5.65. The molecule has 1 heterocycles. The normalized spacial score (nSPS) is 9.94. The highest BCUT2D eigenvalue weighted by molar-refractivity contribution is 7.10. The van der Waals surface area contributed by atoms with Gasteiger partial charge in [-0.25, -0.2) is 4.79 Å². The fourth-order valence-electron chi connectivity index (χ4n) is 1.09. The van der Waals surface area contributed by atoms with Gasteiger partial charge in [0.15, 0.2) is 10.7 Å². The molecule has 1 rings (SSSR count). The molecule has 8 heteroatoms. The molecule has 0 radical (unpaired) electrons. The van der Waals surface area contributed by atoms with Crippen LogP contribution in [0, 0.1) is 0 Å². The van der Waals surface area contributed by atoms with Crippen molar-refractivity contribution in [3.05, 3.63) is 5.69 Å². The SMILES string of the molecule is CCCCNC(=O)c1nnsc1NC(=O)N(C)C. The monoisotopic (exact) mass is 271 g/mol. The highest BCUT2D eigenvalue weighted by Crippen LogP contribution is 2.17. The maximum absolute atomic E-state index is 11.8. The van der Waals surface area contributed by atoms with Crippen LogP contribution in [0.15, 0.2) is 0 Å². The van der Waals surface area contributed by atoms with Crippen molar-refractivity contribution in [1.29, 1.82) is 0 Å². The molecule has 0 unspecified atom stereocenters. The Morgan fingerprint density at radius 2 is 2.11 bits per heavy atom. The third-order valence-corrected chi connectivity index (χ3v) is 2.79. The second-order valence-corrected chi connectivity index (χ2v) is 4.64. The maximum atomic E-state index is 11.8. The van der Waals surface area contributed by atoms with E-state index in [4.69, 9.17) is 0 Å². The number of anilines is 1. The van der Waals surface area contributed by atoms with Crippen LogP contribution in [0.2, 0.25) is 0 Å². The summed E-state index contributed by atoms with van der Waals surface area (Å²) < 4.78 is 3.68. The average molecular weight is 271 g/mol. The van der Waals surface area contributed by atoms with E-state index in [-0.39, 0.29) is 17.6 Å². The minimum absolute atomic E-state index is 0.159. The number of carbonyl (C=O) groups excluding carboxylic acids is 2. The van der Waals surface area contributed by atoms with Crippen LogP contribution in [0.1, 0.15) is 30.3 Å². The first-order chi connectivity index (χ1) is 8.56. The topological polar surface area (TPSA) is 87.2 Å². The number of hydrogen-bond acceptors (Lipinski definition) is 5. The predicted octanol–water partition coefficient (Wildman–Crippen LogP) is 1.16. The molecule has 0 saturated carbocycles. The average Bonchev–Trinajstić information content (AvgIpc) is 2.77. The predicted molar refractivity (Wildman–Crippen MR) is 69.9 cm³/mol. The van der Waals surface area contributed by atoms with Crippen LogP contribution < -0.4 is 10.6 Å². The number of carbonyl (C=O) groups is 2. The Hall–Kier alpha value is -1.70. The van der Waals surface area contributed by atoms with Gasteiger partial charge in [0.1, 0.15) is 0 Å². The van der Waals surface area contributed by atoms with Crippen LogP contribution in [-0.4, -0.2) is 47.1 Å². The Labute approximate surface area is 110 Å². The van der Waals surface area contributed by atoms with Gasteiger partial charge in [-0.05, 0) is 6.42 Å². The lowest BCUT2D eigenvalue weighted by atomic mass is 10.3. The van der Waals surface area contributed by atoms with Gasteiger partial charge >= 0.3 is 6.03 Å². The maximum Gasteiger partial charge on any atom is 0.322 e. The van der Waals surface area contributed by atoms with Gasteiger partial charge < -0.3 is 10.2 Å². The Balaban J connectivity index is 2.64. The van der Waals surface area contributed by atoms with Crippen molar-refractivity contribution < 1.29 is 9.59 Å². The van der Waals surface area contributed by atoms with Gasteiger partial charge in [-0.1, -0.05) is 17.8 Å². The molecule has 3 amide bonds. The second-order valence-electron chi connectivity index (χ2n) is 3.88. The third-order valence-electron chi connectivity index (χ3n) is 2.15. The molecule has 0 aliphatic rings. The van der Waals surface area contributed by atoms with Crippen molar-refractivity contribution >= 4 is 28.5 Å². The second kappa shape index (κ2) is 6.90. The highest BCUT2D eigenvalue weighted by atomic mass is 32.1. The van der Waals surface area contributed by atoms with Crippen LogP contribution in [0.5, 0.6) is 0 Å². The van der Waals surface area contributed by atoms with Crippen molar-refractivity contribution in [2.45, 2.75) is 19.8 Å². The summed E-state index contributed by atoms with van der Waals surface area (Å²) >= 11 is 0.982. The first kappa shape index (κ1) is 14.4. The zero-order chi connectivity index (χ0) is 13.5. The molecule has 1 aromatic rings. The standard InChI is InChI=1S/C10H17N5O2S/c1-4-5-6-11-8(16)7-9(18-14-13-7)12-10(17)15(2)3/h4-6H2,1-3H3,(H,11,16)(H,12,17). The molecule has 0 aliphatic carbocycles. The largest absolute Gasteiger partial charge is 0.351 e. The van der Waals surface area contributed by atoms with Crippen LogP contribution in [0.25, 0.3) is 0 Å². The molecule has 0 aromatic carbocycles. The molecular formula is C10H17N5O2S. The highest BCUT2D eigenvalue weighted by Gasteiger charge is 2.18. The summed E-state index contributed by atoms with van der Waals surface area (Å²) in [6.07, 6.45) is 1.91. The van der Waals surface area contributed by atoms with Crippen molar-refractivity contribution in [2.24, 2.45) is 0 Å². The fraction of sp³-hybridized carbons (Fsp3) is 0.600. The fourth-order valence-corrected chi connectivity index (χ4v) is 1.65. The lowest BCUT2D eigenvalue weighted by Crippen LogP contribution is -2.29. The summed E-state index contributed by atoms with van der Waals surface area (Å²) in [7, 11) is 3.23. The molecule has 2 N–H and O–H groups in total. The number of aromatic nitrogens is 2. The summed E-state index contributed by atoms with van der Waals surface area (Å²) in [4.78, 5) is 24.6. The Morgan fingerprint density at radius 1 is 1.39 bits per heavy atom. The Kier molecular flexibility index (Phi) is 5.50. The zero-order valence-corrected chi connectivity index (χ0v) is 11.5. The lowest BCUT2D eigenvalue weighted by molar-refractivity contribution is 0.0949. The molecule has 0 spiro atoms. The van der Waals surface area contributed by atoms with Crippen molar-refractivity contribution in [3.8, 4) is 0 Å². The summed E-state index contributed by atoms with van der Waals surface area (Å²) in [5, 5.41) is 9.40. The van der Waals surface area contributed by atoms with Gasteiger partial charge in [0, 0.05) is 32.2 Å². The summed E-state index contributed by atoms with van der Waals surface area (Å²) in [5.74, 6) is -0.314. The molecule has 1 aromatic heterocycles. The van der Waals surface area contributed by atoms with Crippen LogP contribution in [0.4, 0.5) is 9.80 Å². The molecule has 0 bridgehead atoms. The summed E-state index contributed by atoms with van der Waals surface area (Å²) in [6, 6.07) is -0.316. The van der Waals surface area contributed by atoms with E-state index in [0.717, 1.165) is 24.4 Å². The molecule has 0 fully saturated rings. The van der Waals surface area contributed by atoms with E-state index in [1.165, 1.54) is 4.90 Å². The number of amides is 3. The number of hydrogen-bond donors (Lipinski definition) is 2. The van der Waals surface area contributed by atoms with Gasteiger partial charge in [0.05, 0.1) is 0 Å². The van der Waals surface area contributed by atoms with E-state index >= 15 is 0 Å². The summed E-state index contributed by atoms with van der Waals surface area (Å²) in [5.41, 5.74) is 0.159. The lowest BCUT2D eigenvalue weighted by Gasteiger charge is -2.10. The van der Waals surface area contributed by atoms with E-state index in [2.05, 4.69) is 20.2 Å². The molecule has 100 valence electrons. The smallest absolute Gasteiger partial charge is 0.322 e. The number of nitrogens with zero attached hydrogens (tertiary/aromatic N) is 3. The Morgan fingerprint density at radius 3 is 2.72 bits per heavy atom. The van der Waals surface area contributed by atoms with E-state index in [9.17, 15) is 9.59 Å². The summed E-state index contributed by atoms with van der Waals surface area (Å²) in [6.45, 7) is 2.63. The minimum atomic E-state index is -0.316. The van der Waals surface area contributed by atoms with Gasteiger partial charge in [0.2, 0.25) is 0 Å². The Bertz CT molecular complexity index is 418. The van der Waals surface area contributed by atoms with Crippen molar-refractivity contribution in [3.63, 3.8) is 0 Å². The van der Waals surface area contributed by atoms with E-state index in [1.807, 2.05) is 6.92 Å². The number of urea groups is 1. The van der Waals surface area contributed by atoms with Gasteiger partial charge in [-0.3, -0.25) is 10.1 Å². The minimum Gasteiger partial charge on any atom is -0.351 e. The van der Waals surface area contributed by atoms with Crippen LogP contribution in [-0.2, 0) is 0 Å². The number of rotatable bonds is 5. The molecular weight excluding hydrogens is 254 g/mol. The van der Waals surface area contributed by atoms with Gasteiger partial charge in [0.25, 0.3) is 5.91 Å². The molecule has 0 aliphatic heterocycles. The van der Waals surface area contributed by atoms with E-state index in [1.54, 1.807) is 14.1 Å². The third kappa shape index (κ3) is 3.95. The molecule has 0 saturated heterocycles. The molecule has 7 nitrogen and oxygen atoms in total. The zero-order valence-electron chi connectivity index (χ0n) is 10.7. The van der Waals surface area contributed by atoms with Crippen molar-refractivity contribution in [1.82, 2.24) is 19.8 Å². The van der Waals surface area contributed by atoms with Gasteiger partial charge in [-0.15, -0.1) is 5.10 Å². The first-order valence-corrected chi connectivity index (χ1v) is 6.42. The van der Waals surface area contributed by atoms with Crippen molar-refractivity contribution in [2.75, 3.05) is 26.0 Å². The van der Waals surface area contributed by atoms with E-state index in [0.29, 0.717) is 11.5 Å². The number of nitrogens with one attached hydrogen (secondary N) is 2. The molecule has 0 atom stereocenters.